The van der Waals surface area contributed by atoms with Crippen LogP contribution in [0.4, 0.5) is 0 Å². The molecule has 1 aromatic rings. The van der Waals surface area contributed by atoms with Crippen LogP contribution in [0.5, 0.6) is 0 Å². The van der Waals surface area contributed by atoms with Gasteiger partial charge in [0.05, 0.1) is 0 Å². The molecule has 0 atom stereocenters. The first kappa shape index (κ1) is 5.78. The van der Waals surface area contributed by atoms with E-state index in [9.17, 15) is 0 Å². The lowest BCUT2D eigenvalue weighted by molar-refractivity contribution is 1.10. The number of aromatic nitrogens is 1. The average molecular weight is 133 g/mol. The SMILES string of the molecule is Cc1c[nH]c2c1=CCCC=2. The Morgan fingerprint density at radius 3 is 2.90 bits per heavy atom. The largest absolute Gasteiger partial charge is 0.361 e. The van der Waals surface area contributed by atoms with Crippen molar-refractivity contribution in [2.75, 3.05) is 0 Å². The minimum Gasteiger partial charge on any atom is -0.361 e. The maximum Gasteiger partial charge on any atom is 0.0413 e. The zero-order chi connectivity index (χ0) is 6.97. The predicted molar refractivity (Wildman–Crippen MR) is 42.9 cm³/mol. The summed E-state index contributed by atoms with van der Waals surface area (Å²) in [4.78, 5) is 3.24. The van der Waals surface area contributed by atoms with Crippen LogP contribution in [0.15, 0.2) is 6.20 Å². The van der Waals surface area contributed by atoms with Crippen LogP contribution in [-0.4, -0.2) is 4.98 Å². The van der Waals surface area contributed by atoms with Crippen molar-refractivity contribution in [1.29, 1.82) is 0 Å². The normalized spacial score (nSPS) is 15.3. The minimum atomic E-state index is 1.19. The number of H-pyrrole nitrogens is 1. The topological polar surface area (TPSA) is 15.8 Å². The summed E-state index contributed by atoms with van der Waals surface area (Å²) in [5.41, 5.74) is 1.37. The summed E-state index contributed by atoms with van der Waals surface area (Å²) in [7, 11) is 0. The highest BCUT2D eigenvalue weighted by atomic mass is 14.7. The number of nitrogens with one attached hydrogen (secondary N) is 1. The molecule has 0 fully saturated rings. The molecule has 1 aliphatic rings. The Morgan fingerprint density at radius 2 is 2.10 bits per heavy atom. The van der Waals surface area contributed by atoms with Gasteiger partial charge in [-0.25, -0.2) is 0 Å². The first-order chi connectivity index (χ1) is 4.88. The molecule has 10 heavy (non-hydrogen) atoms. The molecule has 0 aromatic carbocycles. The van der Waals surface area contributed by atoms with Crippen LogP contribution in [-0.2, 0) is 0 Å². The van der Waals surface area contributed by atoms with Gasteiger partial charge >= 0.3 is 0 Å². The molecule has 1 nitrogen and oxygen atoms in total. The molecule has 0 aliphatic heterocycles. The smallest absolute Gasteiger partial charge is 0.0413 e. The van der Waals surface area contributed by atoms with Gasteiger partial charge in [-0.3, -0.25) is 0 Å². The molecule has 1 N–H and O–H groups in total. The van der Waals surface area contributed by atoms with Crippen molar-refractivity contribution >= 4 is 12.2 Å². The number of aromatic amines is 1. The van der Waals surface area contributed by atoms with Crippen LogP contribution in [0, 0.1) is 6.92 Å². The summed E-state index contributed by atoms with van der Waals surface area (Å²) in [6.45, 7) is 2.14. The standard InChI is InChI=1S/C9H11N/c1-7-6-10-9-5-3-2-4-8(7)9/h4-6,10H,2-3H2,1H3. The fraction of sp³-hybridized carbons (Fsp3) is 0.333. The highest BCUT2D eigenvalue weighted by molar-refractivity contribution is 5.38. The summed E-state index contributed by atoms with van der Waals surface area (Å²) in [6.07, 6.45) is 9.03. The van der Waals surface area contributed by atoms with E-state index in [-0.39, 0.29) is 0 Å². The van der Waals surface area contributed by atoms with Gasteiger partial charge in [-0.05, 0) is 30.5 Å². The number of fused-ring (bicyclic) bond motifs is 1. The zero-order valence-electron chi connectivity index (χ0n) is 6.15. The van der Waals surface area contributed by atoms with E-state index in [0.717, 1.165) is 0 Å². The van der Waals surface area contributed by atoms with Crippen molar-refractivity contribution in [2.45, 2.75) is 19.8 Å². The van der Waals surface area contributed by atoms with Gasteiger partial charge in [0.1, 0.15) is 0 Å². The fourth-order valence-electron chi connectivity index (χ4n) is 1.45. The molecule has 1 heterocycles. The Kier molecular flexibility index (Phi) is 1.16. The van der Waals surface area contributed by atoms with E-state index in [0.29, 0.717) is 0 Å². The predicted octanol–water partition coefficient (Wildman–Crippen LogP) is 0.678. The van der Waals surface area contributed by atoms with E-state index in [2.05, 4.69) is 30.3 Å². The Hall–Kier alpha value is -0.980. The Balaban J connectivity index is 2.89. The molecule has 0 amide bonds. The van der Waals surface area contributed by atoms with Crippen LogP contribution in [0.2, 0.25) is 0 Å². The molecule has 0 bridgehead atoms. The third-order valence-electron chi connectivity index (χ3n) is 2.02. The minimum absolute atomic E-state index is 1.19. The van der Waals surface area contributed by atoms with E-state index >= 15 is 0 Å². The number of rotatable bonds is 0. The maximum atomic E-state index is 3.24. The van der Waals surface area contributed by atoms with Crippen molar-refractivity contribution in [3.8, 4) is 0 Å². The number of hydrogen-bond donors (Lipinski definition) is 1. The van der Waals surface area contributed by atoms with Crippen molar-refractivity contribution in [1.82, 2.24) is 4.98 Å². The first-order valence-electron chi connectivity index (χ1n) is 3.72. The van der Waals surface area contributed by atoms with Crippen LogP contribution >= 0.6 is 0 Å². The monoisotopic (exact) mass is 133 g/mol. The van der Waals surface area contributed by atoms with Crippen molar-refractivity contribution in [2.24, 2.45) is 0 Å². The Bertz CT molecular complexity index is 343. The lowest BCUT2D eigenvalue weighted by Gasteiger charge is -1.93. The summed E-state index contributed by atoms with van der Waals surface area (Å²) in [6, 6.07) is 0. The molecule has 1 heteroatoms. The third kappa shape index (κ3) is 0.703. The van der Waals surface area contributed by atoms with E-state index < -0.39 is 0 Å². The summed E-state index contributed by atoms with van der Waals surface area (Å²) >= 11 is 0. The lowest BCUT2D eigenvalue weighted by Crippen LogP contribution is -2.25. The van der Waals surface area contributed by atoms with Gasteiger partial charge in [-0.1, -0.05) is 12.2 Å². The number of hydrogen-bond acceptors (Lipinski definition) is 0. The van der Waals surface area contributed by atoms with E-state index in [1.165, 1.54) is 29.0 Å². The summed E-state index contributed by atoms with van der Waals surface area (Å²) in [5, 5.41) is 2.72. The fourth-order valence-corrected chi connectivity index (χ4v) is 1.45. The molecular formula is C9H11N. The molecule has 1 aliphatic carbocycles. The second-order valence-corrected chi connectivity index (χ2v) is 2.78. The third-order valence-corrected chi connectivity index (χ3v) is 2.02. The van der Waals surface area contributed by atoms with E-state index in [1.807, 2.05) is 0 Å². The molecule has 1 aromatic heterocycles. The van der Waals surface area contributed by atoms with Gasteiger partial charge in [0, 0.05) is 11.5 Å². The van der Waals surface area contributed by atoms with Gasteiger partial charge < -0.3 is 4.98 Å². The molecule has 0 unspecified atom stereocenters. The van der Waals surface area contributed by atoms with Gasteiger partial charge in [-0.15, -0.1) is 0 Å². The van der Waals surface area contributed by atoms with Crippen LogP contribution in [0.3, 0.4) is 0 Å². The second-order valence-electron chi connectivity index (χ2n) is 2.78. The quantitative estimate of drug-likeness (QED) is 0.535. The van der Waals surface area contributed by atoms with Gasteiger partial charge in [0.15, 0.2) is 0 Å². The summed E-state index contributed by atoms with van der Waals surface area (Å²) < 4.78 is 0. The molecule has 0 spiro atoms. The van der Waals surface area contributed by atoms with E-state index in [4.69, 9.17) is 0 Å². The van der Waals surface area contributed by atoms with Gasteiger partial charge in [0.25, 0.3) is 0 Å². The van der Waals surface area contributed by atoms with Gasteiger partial charge in [-0.2, -0.15) is 0 Å². The Labute approximate surface area is 60.1 Å². The average Bonchev–Trinajstić information content (AvgIpc) is 2.34. The van der Waals surface area contributed by atoms with Crippen LogP contribution < -0.4 is 10.6 Å². The van der Waals surface area contributed by atoms with Crippen molar-refractivity contribution in [3.05, 3.63) is 22.3 Å². The lowest BCUT2D eigenvalue weighted by atomic mass is 10.1. The van der Waals surface area contributed by atoms with Gasteiger partial charge in [0.2, 0.25) is 0 Å². The van der Waals surface area contributed by atoms with Crippen molar-refractivity contribution in [3.63, 3.8) is 0 Å². The highest BCUT2D eigenvalue weighted by Crippen LogP contribution is 1.95. The molecule has 2 rings (SSSR count). The van der Waals surface area contributed by atoms with Crippen molar-refractivity contribution < 1.29 is 0 Å². The highest BCUT2D eigenvalue weighted by Gasteiger charge is 1.95. The number of aryl methyl sites for hydroxylation is 1. The molecule has 0 saturated carbocycles. The second kappa shape index (κ2) is 2.01. The molecular weight excluding hydrogens is 122 g/mol. The Morgan fingerprint density at radius 1 is 1.30 bits per heavy atom. The zero-order valence-corrected chi connectivity index (χ0v) is 6.15. The molecule has 52 valence electrons. The van der Waals surface area contributed by atoms with Crippen LogP contribution in [0.1, 0.15) is 18.4 Å². The maximum absolute atomic E-state index is 3.24. The first-order valence-corrected chi connectivity index (χ1v) is 3.72. The summed E-state index contributed by atoms with van der Waals surface area (Å²) in [5.74, 6) is 0. The molecule has 0 radical (unpaired) electrons. The van der Waals surface area contributed by atoms with Crippen LogP contribution in [0.25, 0.3) is 12.2 Å². The molecule has 0 saturated heterocycles. The van der Waals surface area contributed by atoms with E-state index in [1.54, 1.807) is 0 Å².